The van der Waals surface area contributed by atoms with E-state index in [4.69, 9.17) is 0 Å². The molecule has 2 heterocycles. The normalized spacial score (nSPS) is 11.4. The molecule has 0 bridgehead atoms. The van der Waals surface area contributed by atoms with Crippen LogP contribution in [-0.4, -0.2) is 24.4 Å². The zero-order chi connectivity index (χ0) is 18.3. The SMILES string of the molecule is Cc1ccc(-c2nc(SC(C)C)c3c(=O)n(C)c(=O)n(C)c3n2)cc1. The first-order valence-corrected chi connectivity index (χ1v) is 8.89. The monoisotopic (exact) mass is 356 g/mol. The molecule has 0 aliphatic carbocycles. The highest BCUT2D eigenvalue weighted by atomic mass is 32.2. The quantitative estimate of drug-likeness (QED) is 0.533. The standard InChI is InChI=1S/C18H20N4O2S/c1-10(2)25-16-13-15(21(4)18(24)22(5)17(13)23)19-14(20-16)12-8-6-11(3)7-9-12/h6-10H,1-5H3. The molecule has 0 N–H and O–H groups in total. The Labute approximate surface area is 149 Å². The summed E-state index contributed by atoms with van der Waals surface area (Å²) in [5, 5.41) is 1.23. The van der Waals surface area contributed by atoms with Crippen LogP contribution in [0.15, 0.2) is 38.9 Å². The maximum atomic E-state index is 12.7. The third kappa shape index (κ3) is 3.11. The number of aromatic nitrogens is 4. The minimum absolute atomic E-state index is 0.242. The van der Waals surface area contributed by atoms with Crippen molar-refractivity contribution >= 4 is 22.8 Å². The molecule has 0 unspecified atom stereocenters. The molecule has 3 rings (SSSR count). The fourth-order valence-electron chi connectivity index (χ4n) is 2.57. The first-order chi connectivity index (χ1) is 11.8. The first-order valence-electron chi connectivity index (χ1n) is 8.01. The molecule has 7 heteroatoms. The van der Waals surface area contributed by atoms with Gasteiger partial charge in [-0.25, -0.2) is 14.8 Å². The summed E-state index contributed by atoms with van der Waals surface area (Å²) in [7, 11) is 3.10. The number of aryl methyl sites for hydroxylation is 2. The number of thioether (sulfide) groups is 1. The van der Waals surface area contributed by atoms with Gasteiger partial charge in [-0.3, -0.25) is 13.9 Å². The van der Waals surface area contributed by atoms with E-state index in [2.05, 4.69) is 9.97 Å². The average molecular weight is 356 g/mol. The zero-order valence-corrected chi connectivity index (χ0v) is 15.7. The predicted octanol–water partition coefficient (Wildman–Crippen LogP) is 2.50. The van der Waals surface area contributed by atoms with Crippen LogP contribution >= 0.6 is 11.8 Å². The molecule has 0 saturated heterocycles. The fraction of sp³-hybridized carbons (Fsp3) is 0.333. The lowest BCUT2D eigenvalue weighted by Crippen LogP contribution is -2.37. The van der Waals surface area contributed by atoms with E-state index in [9.17, 15) is 9.59 Å². The van der Waals surface area contributed by atoms with Gasteiger partial charge in [-0.15, -0.1) is 11.8 Å². The van der Waals surface area contributed by atoms with Crippen molar-refractivity contribution in [1.29, 1.82) is 0 Å². The second-order valence-corrected chi connectivity index (χ2v) is 7.85. The van der Waals surface area contributed by atoms with E-state index in [0.717, 1.165) is 15.7 Å². The third-order valence-electron chi connectivity index (χ3n) is 3.92. The minimum Gasteiger partial charge on any atom is -0.280 e. The van der Waals surface area contributed by atoms with Gasteiger partial charge in [0.25, 0.3) is 5.56 Å². The van der Waals surface area contributed by atoms with Crippen LogP contribution in [0.5, 0.6) is 0 Å². The van der Waals surface area contributed by atoms with E-state index in [1.54, 1.807) is 7.05 Å². The Bertz CT molecular complexity index is 1070. The lowest BCUT2D eigenvalue weighted by Gasteiger charge is -2.13. The smallest absolute Gasteiger partial charge is 0.280 e. The number of hydrogen-bond acceptors (Lipinski definition) is 5. The number of hydrogen-bond donors (Lipinski definition) is 0. The summed E-state index contributed by atoms with van der Waals surface area (Å²) in [5.74, 6) is 0.513. The van der Waals surface area contributed by atoms with Gasteiger partial charge in [0.2, 0.25) is 0 Å². The summed E-state index contributed by atoms with van der Waals surface area (Å²) in [6.45, 7) is 6.09. The van der Waals surface area contributed by atoms with Crippen molar-refractivity contribution in [3.05, 3.63) is 50.7 Å². The van der Waals surface area contributed by atoms with Gasteiger partial charge >= 0.3 is 5.69 Å². The molecule has 3 aromatic rings. The molecule has 0 aliphatic rings. The summed E-state index contributed by atoms with van der Waals surface area (Å²) in [6.07, 6.45) is 0. The molecule has 0 fully saturated rings. The van der Waals surface area contributed by atoms with Gasteiger partial charge in [-0.1, -0.05) is 43.7 Å². The minimum atomic E-state index is -0.397. The summed E-state index contributed by atoms with van der Waals surface area (Å²) < 4.78 is 2.50. The van der Waals surface area contributed by atoms with Crippen LogP contribution in [0.2, 0.25) is 0 Å². The number of fused-ring (bicyclic) bond motifs is 1. The van der Waals surface area contributed by atoms with Crippen molar-refractivity contribution in [2.75, 3.05) is 0 Å². The molecule has 0 amide bonds. The maximum Gasteiger partial charge on any atom is 0.332 e. The lowest BCUT2D eigenvalue weighted by atomic mass is 10.1. The lowest BCUT2D eigenvalue weighted by molar-refractivity contribution is 0.703. The fourth-order valence-corrected chi connectivity index (χ4v) is 3.45. The van der Waals surface area contributed by atoms with E-state index in [0.29, 0.717) is 21.9 Å². The second kappa shape index (κ2) is 6.48. The summed E-state index contributed by atoms with van der Waals surface area (Å²) in [6, 6.07) is 7.86. The van der Waals surface area contributed by atoms with E-state index in [1.807, 2.05) is 45.0 Å². The van der Waals surface area contributed by atoms with Crippen molar-refractivity contribution in [3.8, 4) is 11.4 Å². The molecule has 6 nitrogen and oxygen atoms in total. The van der Waals surface area contributed by atoms with Gasteiger partial charge in [-0.2, -0.15) is 0 Å². The summed E-state index contributed by atoms with van der Waals surface area (Å²) in [4.78, 5) is 34.1. The zero-order valence-electron chi connectivity index (χ0n) is 14.9. The maximum absolute atomic E-state index is 12.7. The third-order valence-corrected chi connectivity index (χ3v) is 4.91. The Morgan fingerprint density at radius 1 is 1.00 bits per heavy atom. The largest absolute Gasteiger partial charge is 0.332 e. The van der Waals surface area contributed by atoms with Crippen LogP contribution in [0.25, 0.3) is 22.4 Å². The molecule has 1 aromatic carbocycles. The van der Waals surface area contributed by atoms with Crippen molar-refractivity contribution in [1.82, 2.24) is 19.1 Å². The van der Waals surface area contributed by atoms with Crippen LogP contribution in [0, 0.1) is 6.92 Å². The highest BCUT2D eigenvalue weighted by Crippen LogP contribution is 2.28. The highest BCUT2D eigenvalue weighted by molar-refractivity contribution is 8.00. The van der Waals surface area contributed by atoms with Gasteiger partial charge in [-0.05, 0) is 6.92 Å². The molecule has 0 aliphatic heterocycles. The molecule has 0 saturated carbocycles. The highest BCUT2D eigenvalue weighted by Gasteiger charge is 2.18. The van der Waals surface area contributed by atoms with E-state index in [1.165, 1.54) is 23.4 Å². The van der Waals surface area contributed by atoms with Gasteiger partial charge in [0.1, 0.15) is 10.4 Å². The number of rotatable bonds is 3. The van der Waals surface area contributed by atoms with E-state index >= 15 is 0 Å². The van der Waals surface area contributed by atoms with Crippen molar-refractivity contribution in [2.45, 2.75) is 31.0 Å². The van der Waals surface area contributed by atoms with Gasteiger partial charge < -0.3 is 0 Å². The van der Waals surface area contributed by atoms with Crippen LogP contribution < -0.4 is 11.2 Å². The van der Waals surface area contributed by atoms with E-state index in [-0.39, 0.29) is 10.8 Å². The number of nitrogens with zero attached hydrogens (tertiary/aromatic N) is 4. The Morgan fingerprint density at radius 3 is 2.24 bits per heavy atom. The Morgan fingerprint density at radius 2 is 1.64 bits per heavy atom. The van der Waals surface area contributed by atoms with Crippen LogP contribution in [0.3, 0.4) is 0 Å². The van der Waals surface area contributed by atoms with E-state index < -0.39 is 5.69 Å². The molecule has 130 valence electrons. The molecule has 0 spiro atoms. The average Bonchev–Trinajstić information content (AvgIpc) is 2.57. The summed E-state index contributed by atoms with van der Waals surface area (Å²) >= 11 is 1.50. The Hall–Kier alpha value is -2.41. The van der Waals surface area contributed by atoms with Gasteiger partial charge in [0, 0.05) is 24.9 Å². The molecule has 0 radical (unpaired) electrons. The van der Waals surface area contributed by atoms with Gasteiger partial charge in [0.05, 0.1) is 0 Å². The first kappa shape index (κ1) is 17.4. The Kier molecular flexibility index (Phi) is 4.51. The predicted molar refractivity (Wildman–Crippen MR) is 101 cm³/mol. The summed E-state index contributed by atoms with van der Waals surface area (Å²) in [5.41, 5.74) is 1.60. The Balaban J connectivity index is 2.41. The van der Waals surface area contributed by atoms with Crippen LogP contribution in [-0.2, 0) is 14.1 Å². The number of benzene rings is 1. The van der Waals surface area contributed by atoms with Crippen molar-refractivity contribution in [2.24, 2.45) is 14.1 Å². The van der Waals surface area contributed by atoms with Crippen molar-refractivity contribution < 1.29 is 0 Å². The molecule has 25 heavy (non-hydrogen) atoms. The van der Waals surface area contributed by atoms with Crippen LogP contribution in [0.4, 0.5) is 0 Å². The van der Waals surface area contributed by atoms with Gasteiger partial charge in [0.15, 0.2) is 11.5 Å². The van der Waals surface area contributed by atoms with Crippen molar-refractivity contribution in [3.63, 3.8) is 0 Å². The molecular weight excluding hydrogens is 336 g/mol. The molecule has 2 aromatic heterocycles. The second-order valence-electron chi connectivity index (χ2n) is 6.29. The topological polar surface area (TPSA) is 69.8 Å². The molecular formula is C18H20N4O2S. The van der Waals surface area contributed by atoms with Crippen LogP contribution in [0.1, 0.15) is 19.4 Å². The molecule has 0 atom stereocenters.